The Kier molecular flexibility index (Phi) is 6.99. The van der Waals surface area contributed by atoms with Gasteiger partial charge in [0.2, 0.25) is 5.91 Å². The quantitative estimate of drug-likeness (QED) is 0.529. The molecule has 0 bridgehead atoms. The standard InChI is InChI=1S/C27H31N5O4/c1-19-6-9-21(10-7-19)24-17-32-23(18-36-24)26(28-29-32)27(34)31-14-12-30(13-15-31)25(33)11-8-20-4-3-5-22(16-20)35-2/h3-7,9-10,16,24H,8,11-15,17-18H2,1-2H3/t24-/m0/s1. The van der Waals surface area contributed by atoms with E-state index in [0.717, 1.165) is 16.9 Å². The van der Waals surface area contributed by atoms with E-state index in [1.165, 1.54) is 5.56 Å². The number of benzene rings is 2. The van der Waals surface area contributed by atoms with Crippen LogP contribution in [0.4, 0.5) is 0 Å². The number of fused-ring (bicyclic) bond motifs is 1. The van der Waals surface area contributed by atoms with Gasteiger partial charge in [-0.05, 0) is 36.6 Å². The van der Waals surface area contributed by atoms with Gasteiger partial charge in [0, 0.05) is 32.6 Å². The number of nitrogens with zero attached hydrogens (tertiary/aromatic N) is 5. The summed E-state index contributed by atoms with van der Waals surface area (Å²) in [5.74, 6) is 0.734. The fraction of sp³-hybridized carbons (Fsp3) is 0.407. The van der Waals surface area contributed by atoms with Crippen LogP contribution < -0.4 is 4.74 Å². The second-order valence-electron chi connectivity index (χ2n) is 9.30. The topological polar surface area (TPSA) is 89.8 Å². The van der Waals surface area contributed by atoms with Gasteiger partial charge in [0.15, 0.2) is 5.69 Å². The highest BCUT2D eigenvalue weighted by molar-refractivity contribution is 5.93. The number of amides is 2. The third-order valence-corrected chi connectivity index (χ3v) is 6.93. The summed E-state index contributed by atoms with van der Waals surface area (Å²) in [6, 6.07) is 16.0. The Bertz CT molecular complexity index is 1230. The summed E-state index contributed by atoms with van der Waals surface area (Å²) in [5, 5.41) is 8.44. The van der Waals surface area contributed by atoms with Gasteiger partial charge < -0.3 is 19.3 Å². The molecule has 0 spiro atoms. The zero-order chi connectivity index (χ0) is 25.1. The maximum Gasteiger partial charge on any atom is 0.276 e. The summed E-state index contributed by atoms with van der Waals surface area (Å²) in [7, 11) is 1.63. The SMILES string of the molecule is COc1cccc(CCC(=O)N2CCN(C(=O)c3nnn4c3CO[C@H](c3ccc(C)cc3)C4)CC2)c1. The predicted octanol–water partition coefficient (Wildman–Crippen LogP) is 2.78. The summed E-state index contributed by atoms with van der Waals surface area (Å²) < 4.78 is 13.1. The first-order valence-electron chi connectivity index (χ1n) is 12.3. The molecule has 5 rings (SSSR count). The molecule has 3 aromatic rings. The van der Waals surface area contributed by atoms with Crippen molar-refractivity contribution in [3.63, 3.8) is 0 Å². The molecule has 9 heteroatoms. The molecule has 2 amide bonds. The fourth-order valence-corrected chi connectivity index (χ4v) is 4.71. The zero-order valence-corrected chi connectivity index (χ0v) is 20.7. The number of carbonyl (C=O) groups excluding carboxylic acids is 2. The van der Waals surface area contributed by atoms with E-state index in [1.807, 2.05) is 29.2 Å². The van der Waals surface area contributed by atoms with Gasteiger partial charge in [-0.1, -0.05) is 47.2 Å². The number of methoxy groups -OCH3 is 1. The molecular weight excluding hydrogens is 458 g/mol. The minimum absolute atomic E-state index is 0.0986. The van der Waals surface area contributed by atoms with Crippen molar-refractivity contribution >= 4 is 11.8 Å². The van der Waals surface area contributed by atoms with E-state index in [1.54, 1.807) is 16.7 Å². The Morgan fingerprint density at radius 3 is 2.56 bits per heavy atom. The van der Waals surface area contributed by atoms with Crippen molar-refractivity contribution in [2.45, 2.75) is 39.0 Å². The number of aromatic nitrogens is 3. The summed E-state index contributed by atoms with van der Waals surface area (Å²) in [5.41, 5.74) is 4.40. The third-order valence-electron chi connectivity index (χ3n) is 6.93. The van der Waals surface area contributed by atoms with Crippen LogP contribution in [0.25, 0.3) is 0 Å². The van der Waals surface area contributed by atoms with Gasteiger partial charge in [0.25, 0.3) is 5.91 Å². The summed E-state index contributed by atoms with van der Waals surface area (Å²) in [4.78, 5) is 29.5. The van der Waals surface area contributed by atoms with Crippen LogP contribution in [0.1, 0.15) is 45.4 Å². The third kappa shape index (κ3) is 5.11. The van der Waals surface area contributed by atoms with E-state index in [4.69, 9.17) is 9.47 Å². The van der Waals surface area contributed by atoms with E-state index < -0.39 is 0 Å². The number of piperazine rings is 1. The molecule has 188 valence electrons. The van der Waals surface area contributed by atoms with Gasteiger partial charge in [-0.25, -0.2) is 4.68 Å². The van der Waals surface area contributed by atoms with Crippen LogP contribution >= 0.6 is 0 Å². The first kappa shape index (κ1) is 24.0. The number of rotatable bonds is 6. The average molecular weight is 490 g/mol. The molecule has 2 aromatic carbocycles. The Hall–Kier alpha value is -3.72. The van der Waals surface area contributed by atoms with Crippen molar-refractivity contribution in [1.82, 2.24) is 24.8 Å². The molecule has 3 heterocycles. The van der Waals surface area contributed by atoms with Crippen LogP contribution in [0.5, 0.6) is 5.75 Å². The molecule has 2 aliphatic heterocycles. The molecule has 0 radical (unpaired) electrons. The number of hydrogen-bond donors (Lipinski definition) is 0. The van der Waals surface area contributed by atoms with Crippen LogP contribution in [-0.4, -0.2) is 69.9 Å². The molecule has 0 N–H and O–H groups in total. The summed E-state index contributed by atoms with van der Waals surface area (Å²) >= 11 is 0. The van der Waals surface area contributed by atoms with Crippen LogP contribution in [0.15, 0.2) is 48.5 Å². The van der Waals surface area contributed by atoms with Gasteiger partial charge in [0.1, 0.15) is 11.9 Å². The summed E-state index contributed by atoms with van der Waals surface area (Å²) in [6.07, 6.45) is 0.971. The normalized spacial score (nSPS) is 17.6. The van der Waals surface area contributed by atoms with Crippen LogP contribution in [0.3, 0.4) is 0 Å². The highest BCUT2D eigenvalue weighted by atomic mass is 16.5. The molecule has 9 nitrogen and oxygen atoms in total. The molecule has 36 heavy (non-hydrogen) atoms. The second kappa shape index (κ2) is 10.5. The Morgan fingerprint density at radius 2 is 1.81 bits per heavy atom. The maximum atomic E-state index is 13.2. The predicted molar refractivity (Wildman–Crippen MR) is 133 cm³/mol. The van der Waals surface area contributed by atoms with Crippen molar-refractivity contribution in [3.8, 4) is 5.75 Å². The van der Waals surface area contributed by atoms with Gasteiger partial charge >= 0.3 is 0 Å². The van der Waals surface area contributed by atoms with Gasteiger partial charge in [-0.2, -0.15) is 0 Å². The highest BCUT2D eigenvalue weighted by Crippen LogP contribution is 2.27. The monoisotopic (exact) mass is 489 g/mol. The van der Waals surface area contributed by atoms with Crippen molar-refractivity contribution < 1.29 is 19.1 Å². The molecule has 1 atom stereocenters. The van der Waals surface area contributed by atoms with E-state index in [9.17, 15) is 9.59 Å². The highest BCUT2D eigenvalue weighted by Gasteiger charge is 2.32. The maximum absolute atomic E-state index is 13.2. The lowest BCUT2D eigenvalue weighted by atomic mass is 10.1. The number of ether oxygens (including phenoxy) is 2. The van der Waals surface area contributed by atoms with Crippen molar-refractivity contribution in [1.29, 1.82) is 0 Å². The first-order valence-corrected chi connectivity index (χ1v) is 12.3. The first-order chi connectivity index (χ1) is 17.5. The van der Waals surface area contributed by atoms with Crippen LogP contribution in [-0.2, 0) is 29.1 Å². The Balaban J connectivity index is 1.14. The van der Waals surface area contributed by atoms with Crippen LogP contribution in [0.2, 0.25) is 0 Å². The lowest BCUT2D eigenvalue weighted by Gasteiger charge is -2.34. The number of aryl methyl sites for hydroxylation is 2. The molecule has 0 unspecified atom stereocenters. The lowest BCUT2D eigenvalue weighted by molar-refractivity contribution is -0.132. The Labute approximate surface area is 210 Å². The minimum Gasteiger partial charge on any atom is -0.497 e. The van der Waals surface area contributed by atoms with Crippen molar-refractivity contribution in [2.24, 2.45) is 0 Å². The summed E-state index contributed by atoms with van der Waals surface area (Å²) in [6.45, 7) is 4.84. The van der Waals surface area contributed by atoms with Crippen LogP contribution in [0, 0.1) is 6.92 Å². The molecule has 2 aliphatic rings. The van der Waals surface area contributed by atoms with Gasteiger partial charge in [-0.3, -0.25) is 9.59 Å². The lowest BCUT2D eigenvalue weighted by Crippen LogP contribution is -2.50. The van der Waals surface area contributed by atoms with E-state index in [2.05, 4.69) is 41.5 Å². The van der Waals surface area contributed by atoms with E-state index >= 15 is 0 Å². The smallest absolute Gasteiger partial charge is 0.276 e. The van der Waals surface area contributed by atoms with E-state index in [0.29, 0.717) is 57.0 Å². The zero-order valence-electron chi connectivity index (χ0n) is 20.7. The van der Waals surface area contributed by atoms with Gasteiger partial charge in [0.05, 0.1) is 26.0 Å². The Morgan fingerprint density at radius 1 is 1.06 bits per heavy atom. The number of hydrogen-bond acceptors (Lipinski definition) is 6. The second-order valence-corrected chi connectivity index (χ2v) is 9.30. The van der Waals surface area contributed by atoms with Gasteiger partial charge in [-0.15, -0.1) is 5.10 Å². The van der Waals surface area contributed by atoms with Crippen molar-refractivity contribution in [3.05, 3.63) is 76.6 Å². The molecular formula is C27H31N5O4. The molecule has 0 saturated carbocycles. The average Bonchev–Trinajstić information content (AvgIpc) is 3.35. The molecule has 0 aliphatic carbocycles. The molecule has 1 fully saturated rings. The largest absolute Gasteiger partial charge is 0.497 e. The molecule has 1 aromatic heterocycles. The fourth-order valence-electron chi connectivity index (χ4n) is 4.71. The minimum atomic E-state index is -0.155. The van der Waals surface area contributed by atoms with E-state index in [-0.39, 0.29) is 24.5 Å². The van der Waals surface area contributed by atoms with Crippen molar-refractivity contribution in [2.75, 3.05) is 33.3 Å². The number of carbonyl (C=O) groups is 2. The molecule has 1 saturated heterocycles.